The van der Waals surface area contributed by atoms with Crippen LogP contribution in [-0.2, 0) is 14.4 Å². The Morgan fingerprint density at radius 3 is 2.44 bits per heavy atom. The largest absolute Gasteiger partial charge is 0.382 e. The lowest BCUT2D eigenvalue weighted by atomic mass is 10.0. The number of aliphatic hydroxyl groups excluding tert-OH is 2. The number of hydrogen-bond acceptors (Lipinski definition) is 5. The van der Waals surface area contributed by atoms with E-state index in [4.69, 9.17) is 0 Å². The standard InChI is InChI=1S/C10H17NO5/c1-4-5-6-7(12)8(13)9(14)10(15)11(2)16-3/h4,8-9,13-14H,1,5-6H2,2-3H3/t8-,9+/m0/s1. The van der Waals surface area contributed by atoms with Gasteiger partial charge in [0.15, 0.2) is 11.9 Å². The van der Waals surface area contributed by atoms with Crippen molar-refractivity contribution in [3.63, 3.8) is 0 Å². The summed E-state index contributed by atoms with van der Waals surface area (Å²) in [5.41, 5.74) is 0. The van der Waals surface area contributed by atoms with Crippen LogP contribution in [0, 0.1) is 0 Å². The van der Waals surface area contributed by atoms with E-state index in [1.165, 1.54) is 20.2 Å². The number of hydrogen-bond donors (Lipinski definition) is 2. The molecule has 0 bridgehead atoms. The highest BCUT2D eigenvalue weighted by molar-refractivity contribution is 5.91. The lowest BCUT2D eigenvalue weighted by Gasteiger charge is -2.20. The smallest absolute Gasteiger partial charge is 0.277 e. The fourth-order valence-electron chi connectivity index (χ4n) is 0.980. The van der Waals surface area contributed by atoms with Crippen LogP contribution in [0.1, 0.15) is 12.8 Å². The highest BCUT2D eigenvalue weighted by Crippen LogP contribution is 2.04. The number of hydroxylamine groups is 2. The van der Waals surface area contributed by atoms with Gasteiger partial charge in [-0.05, 0) is 6.42 Å². The van der Waals surface area contributed by atoms with Gasteiger partial charge in [0.05, 0.1) is 7.11 Å². The summed E-state index contributed by atoms with van der Waals surface area (Å²) in [5, 5.41) is 19.5. The van der Waals surface area contributed by atoms with E-state index in [0.29, 0.717) is 6.42 Å². The third-order valence-corrected chi connectivity index (χ3v) is 2.06. The summed E-state index contributed by atoms with van der Waals surface area (Å²) in [5.74, 6) is -1.48. The second-order valence-electron chi connectivity index (χ2n) is 3.20. The number of carbonyl (C=O) groups excluding carboxylic acids is 2. The van der Waals surface area contributed by atoms with Crippen molar-refractivity contribution < 1.29 is 24.6 Å². The van der Waals surface area contributed by atoms with Crippen LogP contribution in [0.4, 0.5) is 0 Å². The van der Waals surface area contributed by atoms with Gasteiger partial charge < -0.3 is 10.2 Å². The summed E-state index contributed by atoms with van der Waals surface area (Å²) in [7, 11) is 2.50. The van der Waals surface area contributed by atoms with Gasteiger partial charge in [-0.25, -0.2) is 5.06 Å². The Bertz CT molecular complexity index is 266. The van der Waals surface area contributed by atoms with Crippen molar-refractivity contribution in [2.75, 3.05) is 14.2 Å². The predicted molar refractivity (Wildman–Crippen MR) is 56.2 cm³/mol. The first-order valence-electron chi connectivity index (χ1n) is 4.77. The summed E-state index contributed by atoms with van der Waals surface area (Å²) in [6.07, 6.45) is -1.60. The van der Waals surface area contributed by atoms with Crippen LogP contribution in [0.2, 0.25) is 0 Å². The van der Waals surface area contributed by atoms with E-state index in [9.17, 15) is 19.8 Å². The van der Waals surface area contributed by atoms with Gasteiger partial charge in [0.2, 0.25) is 0 Å². The van der Waals surface area contributed by atoms with Crippen molar-refractivity contribution in [1.29, 1.82) is 0 Å². The summed E-state index contributed by atoms with van der Waals surface area (Å²) < 4.78 is 0. The Labute approximate surface area is 94.1 Å². The molecule has 0 aliphatic rings. The molecule has 0 rings (SSSR count). The maximum Gasteiger partial charge on any atom is 0.277 e. The molecule has 6 heteroatoms. The van der Waals surface area contributed by atoms with Gasteiger partial charge in [-0.15, -0.1) is 6.58 Å². The zero-order chi connectivity index (χ0) is 12.7. The number of likely N-dealkylation sites (N-methyl/N-ethyl adjacent to an activating group) is 1. The molecule has 2 atom stereocenters. The molecule has 0 aromatic rings. The topological polar surface area (TPSA) is 87.1 Å². The highest BCUT2D eigenvalue weighted by Gasteiger charge is 2.31. The number of amides is 1. The quantitative estimate of drug-likeness (QED) is 0.445. The number of Topliss-reactive ketones (excluding diaryl/α,β-unsaturated/α-hetero) is 1. The van der Waals surface area contributed by atoms with Crippen molar-refractivity contribution in [2.24, 2.45) is 0 Å². The lowest BCUT2D eigenvalue weighted by molar-refractivity contribution is -0.184. The molecule has 16 heavy (non-hydrogen) atoms. The minimum atomic E-state index is -1.80. The maximum atomic E-state index is 11.3. The van der Waals surface area contributed by atoms with Gasteiger partial charge in [0, 0.05) is 13.5 Å². The monoisotopic (exact) mass is 231 g/mol. The van der Waals surface area contributed by atoms with Crippen molar-refractivity contribution in [3.8, 4) is 0 Å². The first-order valence-corrected chi connectivity index (χ1v) is 4.77. The number of rotatable bonds is 7. The zero-order valence-electron chi connectivity index (χ0n) is 9.42. The molecule has 92 valence electrons. The summed E-state index contributed by atoms with van der Waals surface area (Å²) >= 11 is 0. The van der Waals surface area contributed by atoms with Crippen molar-refractivity contribution >= 4 is 11.7 Å². The van der Waals surface area contributed by atoms with E-state index in [1.807, 2.05) is 0 Å². The first-order chi connectivity index (χ1) is 7.45. The Morgan fingerprint density at radius 2 is 2.00 bits per heavy atom. The van der Waals surface area contributed by atoms with Gasteiger partial charge in [0.1, 0.15) is 6.10 Å². The molecule has 0 aliphatic carbocycles. The second kappa shape index (κ2) is 7.10. The molecular weight excluding hydrogens is 214 g/mol. The Hall–Kier alpha value is -1.24. The summed E-state index contributed by atoms with van der Waals surface area (Å²) in [4.78, 5) is 27.1. The Kier molecular flexibility index (Phi) is 6.55. The van der Waals surface area contributed by atoms with Crippen LogP contribution in [-0.4, -0.2) is 53.3 Å². The van der Waals surface area contributed by atoms with Crippen molar-refractivity contribution in [2.45, 2.75) is 25.0 Å². The first kappa shape index (κ1) is 14.8. The van der Waals surface area contributed by atoms with Crippen LogP contribution in [0.15, 0.2) is 12.7 Å². The summed E-state index contributed by atoms with van der Waals surface area (Å²) in [6, 6.07) is 0. The van der Waals surface area contributed by atoms with Crippen molar-refractivity contribution in [1.82, 2.24) is 5.06 Å². The molecule has 1 amide bonds. The molecule has 0 unspecified atom stereocenters. The van der Waals surface area contributed by atoms with Crippen LogP contribution >= 0.6 is 0 Å². The predicted octanol–water partition coefficient (Wildman–Crippen LogP) is -0.737. The minimum Gasteiger partial charge on any atom is -0.382 e. The molecule has 0 heterocycles. The van der Waals surface area contributed by atoms with Gasteiger partial charge in [-0.2, -0.15) is 0 Å². The SMILES string of the molecule is C=CCCC(=O)[C@H](O)[C@@H](O)C(=O)N(C)OC. The molecule has 0 radical (unpaired) electrons. The van der Waals surface area contributed by atoms with E-state index in [1.54, 1.807) is 0 Å². The van der Waals surface area contributed by atoms with Crippen LogP contribution < -0.4 is 0 Å². The van der Waals surface area contributed by atoms with Gasteiger partial charge in [-0.3, -0.25) is 14.4 Å². The van der Waals surface area contributed by atoms with Crippen molar-refractivity contribution in [3.05, 3.63) is 12.7 Å². The third-order valence-electron chi connectivity index (χ3n) is 2.06. The lowest BCUT2D eigenvalue weighted by Crippen LogP contribution is -2.46. The van der Waals surface area contributed by atoms with E-state index in [0.717, 1.165) is 5.06 Å². The molecule has 0 saturated heterocycles. The van der Waals surface area contributed by atoms with E-state index < -0.39 is 23.9 Å². The fourth-order valence-corrected chi connectivity index (χ4v) is 0.980. The number of carbonyl (C=O) groups is 2. The van der Waals surface area contributed by atoms with Crippen LogP contribution in [0.5, 0.6) is 0 Å². The Morgan fingerprint density at radius 1 is 1.44 bits per heavy atom. The molecule has 0 aromatic heterocycles. The normalized spacial score (nSPS) is 14.0. The maximum absolute atomic E-state index is 11.3. The van der Waals surface area contributed by atoms with Crippen LogP contribution in [0.3, 0.4) is 0 Å². The molecule has 0 saturated carbocycles. The van der Waals surface area contributed by atoms with Gasteiger partial charge >= 0.3 is 0 Å². The third kappa shape index (κ3) is 4.09. The highest BCUT2D eigenvalue weighted by atomic mass is 16.7. The average molecular weight is 231 g/mol. The number of aliphatic hydroxyl groups is 2. The van der Waals surface area contributed by atoms with Gasteiger partial charge in [0.25, 0.3) is 5.91 Å². The fraction of sp³-hybridized carbons (Fsp3) is 0.600. The molecule has 2 N–H and O–H groups in total. The molecule has 0 fully saturated rings. The van der Waals surface area contributed by atoms with Crippen LogP contribution in [0.25, 0.3) is 0 Å². The zero-order valence-corrected chi connectivity index (χ0v) is 9.42. The molecule has 0 aromatic carbocycles. The van der Waals surface area contributed by atoms with E-state index in [2.05, 4.69) is 11.4 Å². The van der Waals surface area contributed by atoms with E-state index in [-0.39, 0.29) is 6.42 Å². The minimum absolute atomic E-state index is 0.0334. The molecule has 6 nitrogen and oxygen atoms in total. The molecule has 0 spiro atoms. The van der Waals surface area contributed by atoms with Gasteiger partial charge in [-0.1, -0.05) is 6.08 Å². The Balaban J connectivity index is 4.36. The van der Waals surface area contributed by atoms with E-state index >= 15 is 0 Å². The summed E-state index contributed by atoms with van der Waals surface area (Å²) in [6.45, 7) is 3.42. The number of allylic oxidation sites excluding steroid dienone is 1. The molecular formula is C10H17NO5. The molecule has 0 aliphatic heterocycles. The number of nitrogens with zero attached hydrogens (tertiary/aromatic N) is 1. The second-order valence-corrected chi connectivity index (χ2v) is 3.20. The number of ketones is 1. The average Bonchev–Trinajstić information content (AvgIpc) is 2.31.